The molecular formula is C40H50O8. The van der Waals surface area contributed by atoms with E-state index in [4.69, 9.17) is 4.74 Å². The maximum Gasteiger partial charge on any atom is 0.203 e. The van der Waals surface area contributed by atoms with Gasteiger partial charge in [-0.3, -0.25) is 14.4 Å². The number of phenolic OH excluding ortho intramolecular Hbond substituents is 1. The summed E-state index contributed by atoms with van der Waals surface area (Å²) in [6.07, 6.45) is 1.02. The van der Waals surface area contributed by atoms with Gasteiger partial charge in [0.2, 0.25) is 5.78 Å². The number of carbonyl (C=O) groups is 3. The molecule has 4 atom stereocenters. The molecule has 48 heavy (non-hydrogen) atoms. The number of carbonyl (C=O) groups excluding carboxylic acids is 3. The van der Waals surface area contributed by atoms with E-state index in [-0.39, 0.29) is 29.7 Å². The molecule has 8 nitrogen and oxygen atoms in total. The van der Waals surface area contributed by atoms with E-state index in [2.05, 4.69) is 19.9 Å². The molecular weight excluding hydrogens is 608 g/mol. The van der Waals surface area contributed by atoms with Crippen molar-refractivity contribution in [1.82, 2.24) is 0 Å². The van der Waals surface area contributed by atoms with Gasteiger partial charge in [0.05, 0.1) is 12.7 Å². The van der Waals surface area contributed by atoms with Crippen molar-refractivity contribution in [2.45, 2.75) is 99.5 Å². The molecule has 0 saturated heterocycles. The van der Waals surface area contributed by atoms with Gasteiger partial charge in [-0.1, -0.05) is 68.4 Å². The smallest absolute Gasteiger partial charge is 0.203 e. The van der Waals surface area contributed by atoms with Crippen LogP contribution in [0, 0.1) is 28.6 Å². The number of hydrogen-bond donors (Lipinski definition) is 4. The Kier molecular flexibility index (Phi) is 8.35. The largest absolute Gasteiger partial charge is 0.508 e. The molecule has 5 rings (SSSR count). The van der Waals surface area contributed by atoms with Gasteiger partial charge in [0.1, 0.15) is 28.6 Å². The summed E-state index contributed by atoms with van der Waals surface area (Å²) in [6.45, 7) is 18.3. The lowest BCUT2D eigenvalue weighted by molar-refractivity contribution is -0.178. The van der Waals surface area contributed by atoms with E-state index in [1.54, 1.807) is 27.9 Å². The molecule has 4 N–H and O–H groups in total. The average Bonchev–Trinajstić information content (AvgIpc) is 2.93. The number of ether oxygens (including phenoxy) is 1. The van der Waals surface area contributed by atoms with Crippen LogP contribution in [-0.2, 0) is 32.6 Å². The van der Waals surface area contributed by atoms with Gasteiger partial charge in [-0.05, 0) is 78.3 Å². The third-order valence-electron chi connectivity index (χ3n) is 11.0. The molecule has 0 aromatic heterocycles. The van der Waals surface area contributed by atoms with Crippen LogP contribution in [0.25, 0.3) is 16.9 Å². The van der Waals surface area contributed by atoms with Crippen molar-refractivity contribution >= 4 is 23.1 Å². The summed E-state index contributed by atoms with van der Waals surface area (Å²) in [5.74, 6) is -4.35. The Morgan fingerprint density at radius 3 is 2.17 bits per heavy atom. The lowest BCUT2D eigenvalue weighted by Gasteiger charge is -2.59. The molecule has 258 valence electrons. The number of methoxy groups -OCH3 is 1. The predicted octanol–water partition coefficient (Wildman–Crippen LogP) is 7.36. The number of hydrogen-bond acceptors (Lipinski definition) is 8. The fraction of sp³-hybridized carbons (Fsp3) is 0.525. The first-order chi connectivity index (χ1) is 22.1. The molecule has 1 saturated carbocycles. The van der Waals surface area contributed by atoms with Gasteiger partial charge in [0.15, 0.2) is 17.2 Å². The first-order valence-electron chi connectivity index (χ1n) is 16.8. The number of phenols is 1. The number of benzene rings is 2. The number of Topliss-reactive ketones (excluding diaryl/α,β-unsaturated/α-hetero) is 3. The number of fused-ring (bicyclic) bond motifs is 3. The second-order valence-electron chi connectivity index (χ2n) is 16.5. The number of rotatable bonds is 6. The maximum absolute atomic E-state index is 14.8. The molecule has 0 spiro atoms. The molecule has 2 aromatic rings. The van der Waals surface area contributed by atoms with Gasteiger partial charge < -0.3 is 25.2 Å². The van der Waals surface area contributed by atoms with Crippen LogP contribution in [-0.4, -0.2) is 50.5 Å². The minimum absolute atomic E-state index is 0.0245. The molecule has 0 heterocycles. The van der Waals surface area contributed by atoms with E-state index >= 15 is 0 Å². The van der Waals surface area contributed by atoms with Crippen molar-refractivity contribution in [3.8, 4) is 22.6 Å². The molecule has 3 aliphatic rings. The summed E-state index contributed by atoms with van der Waals surface area (Å²) >= 11 is 0. The highest BCUT2D eigenvalue weighted by Crippen LogP contribution is 2.65. The topological polar surface area (TPSA) is 141 Å². The average molecular weight is 659 g/mol. The van der Waals surface area contributed by atoms with Gasteiger partial charge in [-0.25, -0.2) is 0 Å². The first-order valence-corrected chi connectivity index (χ1v) is 16.8. The molecule has 2 aromatic carbocycles. The van der Waals surface area contributed by atoms with Crippen LogP contribution in [0.4, 0.5) is 0 Å². The predicted molar refractivity (Wildman–Crippen MR) is 185 cm³/mol. The van der Waals surface area contributed by atoms with Crippen molar-refractivity contribution < 1.29 is 39.5 Å². The lowest BCUT2D eigenvalue weighted by Crippen LogP contribution is -2.69. The zero-order valence-corrected chi connectivity index (χ0v) is 30.1. The molecule has 3 aliphatic carbocycles. The van der Waals surface area contributed by atoms with Gasteiger partial charge in [0, 0.05) is 33.4 Å². The number of ketones is 3. The Bertz CT molecular complexity index is 1820. The van der Waals surface area contributed by atoms with Crippen LogP contribution in [0.15, 0.2) is 41.2 Å². The van der Waals surface area contributed by atoms with Crippen molar-refractivity contribution in [3.63, 3.8) is 0 Å². The third-order valence-corrected chi connectivity index (χ3v) is 11.0. The van der Waals surface area contributed by atoms with Gasteiger partial charge in [-0.15, -0.1) is 0 Å². The fourth-order valence-corrected chi connectivity index (χ4v) is 9.16. The van der Waals surface area contributed by atoms with Gasteiger partial charge in [-0.2, -0.15) is 0 Å². The van der Waals surface area contributed by atoms with E-state index in [9.17, 15) is 34.8 Å². The molecule has 0 aliphatic heterocycles. The Labute approximate surface area is 283 Å². The minimum Gasteiger partial charge on any atom is -0.508 e. The molecule has 8 heteroatoms. The van der Waals surface area contributed by atoms with Gasteiger partial charge >= 0.3 is 0 Å². The summed E-state index contributed by atoms with van der Waals surface area (Å²) in [5.41, 5.74) is -2.79. The normalized spacial score (nSPS) is 27.3. The zero-order chi connectivity index (χ0) is 36.0. The fourth-order valence-electron chi connectivity index (χ4n) is 9.16. The minimum atomic E-state index is -2.66. The van der Waals surface area contributed by atoms with E-state index in [0.29, 0.717) is 22.8 Å². The van der Waals surface area contributed by atoms with Crippen LogP contribution in [0.1, 0.15) is 97.9 Å². The van der Waals surface area contributed by atoms with E-state index in [1.165, 1.54) is 0 Å². The molecule has 0 bridgehead atoms. The van der Waals surface area contributed by atoms with Crippen LogP contribution in [0.5, 0.6) is 11.5 Å². The molecule has 1 unspecified atom stereocenters. The van der Waals surface area contributed by atoms with Crippen LogP contribution in [0.3, 0.4) is 0 Å². The second kappa shape index (κ2) is 11.3. The quantitative estimate of drug-likeness (QED) is 0.236. The third kappa shape index (κ3) is 4.85. The standard InChI is InChI=1S/C40H50O8/c1-19(2)14-22-12-13-27(48-11)24(15-22)23-16-26(37(6,7)8)32(42)29-25(23)17-38(9)18-39(10)30(20(3)4)33(43)28(21(5)41)35(45)40(39,47)36(46)31(38)34(29)44/h12-13,15-16,19-20,30,42,44-45,47H,14,17-18H2,1-11H3/t30?,38-,39-,40+/m1/s1. The van der Waals surface area contributed by atoms with E-state index in [1.807, 2.05) is 45.9 Å². The van der Waals surface area contributed by atoms with Crippen molar-refractivity contribution in [2.75, 3.05) is 7.11 Å². The summed E-state index contributed by atoms with van der Waals surface area (Å²) in [7, 11) is 1.60. The van der Waals surface area contributed by atoms with Crippen LogP contribution < -0.4 is 4.74 Å². The van der Waals surface area contributed by atoms with Crippen molar-refractivity contribution in [3.05, 3.63) is 63.4 Å². The molecule has 1 fully saturated rings. The summed E-state index contributed by atoms with van der Waals surface area (Å²) < 4.78 is 5.85. The lowest BCUT2D eigenvalue weighted by atomic mass is 9.43. The Balaban J connectivity index is 1.90. The van der Waals surface area contributed by atoms with E-state index < -0.39 is 68.1 Å². The Hall–Kier alpha value is -3.91. The number of allylic oxidation sites excluding steroid dienone is 1. The SMILES string of the molecule is COc1ccc(CC(C)C)cc1-c1cc(C(C)(C)C)c(O)c2c1C[C@]1(C)C[C@]3(C)C(C(C)C)C(=O)C(C(C)=O)=C(O)[C@]3(O)C(=O)C1=C2O. The summed E-state index contributed by atoms with van der Waals surface area (Å²) in [6, 6.07) is 7.95. The highest BCUT2D eigenvalue weighted by atomic mass is 16.5. The Morgan fingerprint density at radius 2 is 1.65 bits per heavy atom. The van der Waals surface area contributed by atoms with Crippen molar-refractivity contribution in [1.29, 1.82) is 0 Å². The second-order valence-corrected chi connectivity index (χ2v) is 16.5. The number of aliphatic hydroxyl groups is 3. The van der Waals surface area contributed by atoms with Crippen LogP contribution >= 0.6 is 0 Å². The van der Waals surface area contributed by atoms with Gasteiger partial charge in [0.25, 0.3) is 0 Å². The highest BCUT2D eigenvalue weighted by molar-refractivity contribution is 6.24. The molecule has 0 amide bonds. The Morgan fingerprint density at radius 1 is 1.02 bits per heavy atom. The zero-order valence-electron chi connectivity index (χ0n) is 30.1. The van der Waals surface area contributed by atoms with E-state index in [0.717, 1.165) is 30.0 Å². The van der Waals surface area contributed by atoms with Crippen molar-refractivity contribution in [2.24, 2.45) is 28.6 Å². The van der Waals surface area contributed by atoms with Crippen LogP contribution in [0.2, 0.25) is 0 Å². The number of aliphatic hydroxyl groups excluding tert-OH is 2. The molecule has 0 radical (unpaired) electrons. The monoisotopic (exact) mass is 658 g/mol. The first kappa shape index (κ1) is 35.4. The summed E-state index contributed by atoms with van der Waals surface area (Å²) in [5, 5.41) is 48.1. The highest BCUT2D eigenvalue weighted by Gasteiger charge is 2.72. The maximum atomic E-state index is 14.8. The summed E-state index contributed by atoms with van der Waals surface area (Å²) in [4.78, 5) is 41.4. The number of aromatic hydroxyl groups is 1.